The smallest absolute Gasteiger partial charge is 0.257 e. The van der Waals surface area contributed by atoms with Gasteiger partial charge in [-0.2, -0.15) is 0 Å². The summed E-state index contributed by atoms with van der Waals surface area (Å²) in [6, 6.07) is 11.3. The highest BCUT2D eigenvalue weighted by molar-refractivity contribution is 8.00. The maximum absolute atomic E-state index is 13.3. The number of Topliss-reactive ketones (excluding diaryl/α,β-unsaturated/α-hetero) is 1. The molecule has 11 heteroatoms. The molecule has 1 saturated heterocycles. The summed E-state index contributed by atoms with van der Waals surface area (Å²) in [4.78, 5) is 53.6. The molecule has 3 N–H and O–H groups in total. The molecule has 47 heavy (non-hydrogen) atoms. The van der Waals surface area contributed by atoms with E-state index in [9.17, 15) is 14.4 Å². The van der Waals surface area contributed by atoms with Gasteiger partial charge in [0.25, 0.3) is 5.91 Å². The van der Waals surface area contributed by atoms with Crippen LogP contribution in [0.2, 0.25) is 0 Å². The molecule has 0 saturated carbocycles. The Morgan fingerprint density at radius 1 is 1.02 bits per heavy atom. The predicted molar refractivity (Wildman–Crippen MR) is 186 cm³/mol. The molecule has 1 fully saturated rings. The first-order chi connectivity index (χ1) is 22.9. The fraction of sp³-hybridized carbons (Fsp3) is 0.333. The molecule has 0 spiro atoms. The second-order valence-corrected chi connectivity index (χ2v) is 13.3. The molecule has 240 valence electrons. The number of ketones is 1. The van der Waals surface area contributed by atoms with Gasteiger partial charge in [-0.05, 0) is 30.9 Å². The van der Waals surface area contributed by atoms with Gasteiger partial charge in [-0.15, -0.1) is 11.8 Å². The first kappa shape index (κ1) is 31.0. The number of imidazole rings is 1. The molecule has 3 aliphatic rings. The Labute approximate surface area is 276 Å². The van der Waals surface area contributed by atoms with E-state index in [2.05, 4.69) is 28.0 Å². The van der Waals surface area contributed by atoms with Crippen LogP contribution >= 0.6 is 11.8 Å². The highest BCUT2D eigenvalue weighted by atomic mass is 32.2. The monoisotopic (exact) mass is 647 g/mol. The van der Waals surface area contributed by atoms with Crippen LogP contribution in [0.25, 0.3) is 34.1 Å². The van der Waals surface area contributed by atoms with Crippen molar-refractivity contribution in [3.8, 4) is 0 Å². The summed E-state index contributed by atoms with van der Waals surface area (Å²) in [7, 11) is 0. The van der Waals surface area contributed by atoms with Gasteiger partial charge in [0.15, 0.2) is 11.6 Å². The van der Waals surface area contributed by atoms with Crippen molar-refractivity contribution in [3.05, 3.63) is 82.2 Å². The second kappa shape index (κ2) is 13.2. The molecule has 2 bridgehead atoms. The number of aryl methyl sites for hydroxylation is 2. The van der Waals surface area contributed by atoms with E-state index in [1.165, 1.54) is 11.8 Å². The summed E-state index contributed by atoms with van der Waals surface area (Å²) in [5, 5.41) is 3.26. The highest BCUT2D eigenvalue weighted by Crippen LogP contribution is 2.30. The van der Waals surface area contributed by atoms with Gasteiger partial charge < -0.3 is 10.3 Å². The van der Waals surface area contributed by atoms with Crippen LogP contribution in [-0.4, -0.2) is 60.7 Å². The summed E-state index contributed by atoms with van der Waals surface area (Å²) < 4.78 is 2.26. The fourth-order valence-electron chi connectivity index (χ4n) is 6.54. The number of amides is 2. The number of aromatic nitrogens is 3. The Bertz CT molecular complexity index is 2100. The van der Waals surface area contributed by atoms with E-state index < -0.39 is 11.3 Å². The Morgan fingerprint density at radius 3 is 2.77 bits per heavy atom. The molecule has 2 aromatic heterocycles. The Balaban J connectivity index is 0.963. The number of anilines is 1. The average Bonchev–Trinajstić information content (AvgIpc) is 3.73. The zero-order chi connectivity index (χ0) is 32.5. The topological polar surface area (TPSA) is 136 Å². The second-order valence-electron chi connectivity index (χ2n) is 12.1. The van der Waals surface area contributed by atoms with E-state index in [0.29, 0.717) is 29.0 Å². The minimum Gasteiger partial charge on any atom is -0.382 e. The summed E-state index contributed by atoms with van der Waals surface area (Å²) >= 11 is 1.34. The van der Waals surface area contributed by atoms with Gasteiger partial charge in [0.1, 0.15) is 17.4 Å². The summed E-state index contributed by atoms with van der Waals surface area (Å²) in [6.07, 6.45) is 14.3. The molecule has 4 heterocycles. The minimum absolute atomic E-state index is 0.0356. The van der Waals surface area contributed by atoms with Crippen molar-refractivity contribution in [1.29, 1.82) is 0 Å². The van der Waals surface area contributed by atoms with Crippen LogP contribution in [-0.2, 0) is 22.6 Å². The molecule has 1 aliphatic carbocycles. The maximum atomic E-state index is 13.3. The number of hydrazine groups is 1. The molecular weight excluding hydrogens is 611 g/mol. The Hall–Kier alpha value is -4.61. The molecule has 2 unspecified atom stereocenters. The molecule has 2 aliphatic heterocycles. The van der Waals surface area contributed by atoms with Crippen molar-refractivity contribution in [3.63, 3.8) is 0 Å². The van der Waals surface area contributed by atoms with Crippen molar-refractivity contribution >= 4 is 69.3 Å². The van der Waals surface area contributed by atoms with E-state index in [1.807, 2.05) is 60.7 Å². The lowest BCUT2D eigenvalue weighted by molar-refractivity contribution is -0.142. The number of nitrogens with one attached hydrogen (secondary N) is 1. The number of fused-ring (bicyclic) bond motifs is 9. The molecule has 0 radical (unpaired) electrons. The number of allylic oxidation sites excluding steroid dienone is 3. The number of nitrogens with zero attached hydrogens (tertiary/aromatic N) is 5. The number of nitrogen functional groups attached to an aromatic ring is 1. The van der Waals surface area contributed by atoms with Crippen LogP contribution in [0.3, 0.4) is 0 Å². The molecule has 7 rings (SSSR count). The Kier molecular flexibility index (Phi) is 8.74. The van der Waals surface area contributed by atoms with Gasteiger partial charge in [0.2, 0.25) is 5.91 Å². The summed E-state index contributed by atoms with van der Waals surface area (Å²) in [5.41, 5.74) is 13.5. The SMILES string of the molecule is CCCCc1nc2c(N)nc3ccccc3c2n1CCCCNN1C(=O)CC(SCC2N=c3c(c4cc/c3=C\C=C/C=C4)C2=O)C1=O. The quantitative estimate of drug-likeness (QED) is 0.175. The predicted octanol–water partition coefficient (Wildman–Crippen LogP) is 3.90. The first-order valence-electron chi connectivity index (χ1n) is 16.3. The van der Waals surface area contributed by atoms with Crippen LogP contribution in [0.15, 0.2) is 59.6 Å². The molecule has 2 amide bonds. The first-order valence-corrected chi connectivity index (χ1v) is 17.3. The number of thioether (sulfide) groups is 1. The van der Waals surface area contributed by atoms with Crippen molar-refractivity contribution in [2.45, 2.75) is 63.3 Å². The number of imide groups is 1. The third-order valence-corrected chi connectivity index (χ3v) is 10.2. The van der Waals surface area contributed by atoms with Gasteiger partial charge in [-0.25, -0.2) is 20.4 Å². The van der Waals surface area contributed by atoms with Gasteiger partial charge in [-0.3, -0.25) is 19.4 Å². The molecule has 10 nitrogen and oxygen atoms in total. The van der Waals surface area contributed by atoms with Crippen LogP contribution in [0.4, 0.5) is 5.82 Å². The van der Waals surface area contributed by atoms with Gasteiger partial charge in [0, 0.05) is 42.3 Å². The number of rotatable bonds is 12. The van der Waals surface area contributed by atoms with E-state index in [4.69, 9.17) is 15.7 Å². The number of unbranched alkanes of at least 4 members (excludes halogenated alkanes) is 2. The van der Waals surface area contributed by atoms with E-state index >= 15 is 0 Å². The van der Waals surface area contributed by atoms with Crippen LogP contribution in [0.1, 0.15) is 60.8 Å². The molecular formula is C36H37N7O3S. The van der Waals surface area contributed by atoms with Crippen molar-refractivity contribution in [2.75, 3.05) is 18.0 Å². The zero-order valence-electron chi connectivity index (χ0n) is 26.3. The number of hydrogen-bond acceptors (Lipinski definition) is 9. The van der Waals surface area contributed by atoms with Crippen molar-refractivity contribution in [2.24, 2.45) is 4.99 Å². The third-order valence-electron chi connectivity index (χ3n) is 8.93. The van der Waals surface area contributed by atoms with Gasteiger partial charge >= 0.3 is 0 Å². The highest BCUT2D eigenvalue weighted by Gasteiger charge is 2.40. The number of benzene rings is 2. The lowest BCUT2D eigenvalue weighted by atomic mass is 10.0. The zero-order valence-corrected chi connectivity index (χ0v) is 27.1. The van der Waals surface area contributed by atoms with Crippen LogP contribution in [0.5, 0.6) is 0 Å². The summed E-state index contributed by atoms with van der Waals surface area (Å²) in [5.74, 6) is 1.23. The number of pyridine rings is 1. The van der Waals surface area contributed by atoms with Gasteiger partial charge in [-0.1, -0.05) is 74.1 Å². The summed E-state index contributed by atoms with van der Waals surface area (Å²) in [6.45, 7) is 3.38. The number of nitrogens with two attached hydrogens (primary N) is 1. The number of carbonyl (C=O) groups excluding carboxylic acids is 3. The van der Waals surface area contributed by atoms with Crippen LogP contribution in [0, 0.1) is 0 Å². The Morgan fingerprint density at radius 2 is 1.89 bits per heavy atom. The lowest BCUT2D eigenvalue weighted by Crippen LogP contribution is -2.43. The van der Waals surface area contributed by atoms with E-state index in [1.54, 1.807) is 0 Å². The largest absolute Gasteiger partial charge is 0.382 e. The maximum Gasteiger partial charge on any atom is 0.257 e. The van der Waals surface area contributed by atoms with Crippen LogP contribution < -0.4 is 21.7 Å². The van der Waals surface area contributed by atoms with Gasteiger partial charge in [0.05, 0.1) is 27.2 Å². The van der Waals surface area contributed by atoms with Crippen molar-refractivity contribution < 1.29 is 14.4 Å². The molecule has 4 aromatic rings. The molecule has 2 aromatic carbocycles. The van der Waals surface area contributed by atoms with E-state index in [-0.39, 0.29) is 24.0 Å². The standard InChI is InChI=1S/C36H37N7O3S/c1-2-3-15-28-41-32-33(24-13-7-8-14-25(24)40-35(32)37)42(28)19-10-9-18-38-43-29(44)20-27(36(43)46)47-21-26-34(45)30-22-11-5-4-6-12-23(17-16-22)31(30)39-26/h4-8,11-14,16-17,26-27,38H,2-3,9-10,15,18-21H2,1H3,(H2,37,40)/b6-4-,11-5?,23-12+. The third kappa shape index (κ3) is 5.89. The van der Waals surface area contributed by atoms with Crippen molar-refractivity contribution in [1.82, 2.24) is 25.0 Å². The minimum atomic E-state index is -0.574. The fourth-order valence-corrected chi connectivity index (χ4v) is 7.68. The normalized spacial score (nSPS) is 20.0. The molecule has 2 atom stereocenters. The number of carbonyl (C=O) groups is 3. The average molecular weight is 648 g/mol. The lowest BCUT2D eigenvalue weighted by Gasteiger charge is -2.17. The number of hydrogen-bond donors (Lipinski definition) is 2. The van der Waals surface area contributed by atoms with E-state index in [0.717, 1.165) is 82.2 Å². The number of para-hydroxylation sites is 1.